The zero-order valence-electron chi connectivity index (χ0n) is 13.0. The average molecular weight is 374 g/mol. The van der Waals surface area contributed by atoms with Crippen molar-refractivity contribution in [3.05, 3.63) is 52.9 Å². The summed E-state index contributed by atoms with van der Waals surface area (Å²) in [5.74, 6) is 0.896. The predicted octanol–water partition coefficient (Wildman–Crippen LogP) is 3.23. The number of halogens is 1. The van der Waals surface area contributed by atoms with Gasteiger partial charge in [0.15, 0.2) is 0 Å². The van der Waals surface area contributed by atoms with Crippen LogP contribution < -0.4 is 5.32 Å². The summed E-state index contributed by atoms with van der Waals surface area (Å²) in [5, 5.41) is 3.57. The van der Waals surface area contributed by atoms with Crippen molar-refractivity contribution in [3.8, 4) is 0 Å². The molecule has 0 aromatic carbocycles. The van der Waals surface area contributed by atoms with Crippen LogP contribution in [-0.2, 0) is 13.1 Å². The molecule has 3 heterocycles. The minimum Gasteiger partial charge on any atom is -0.330 e. The normalized spacial score (nSPS) is 15.2. The minimum atomic E-state index is 0.732. The number of nitrogens with zero attached hydrogens (tertiary/aromatic N) is 4. The van der Waals surface area contributed by atoms with Gasteiger partial charge in [-0.1, -0.05) is 12.5 Å². The summed E-state index contributed by atoms with van der Waals surface area (Å²) in [6.07, 6.45) is 12.2. The van der Waals surface area contributed by atoms with Gasteiger partial charge < -0.3 is 14.3 Å². The van der Waals surface area contributed by atoms with Gasteiger partial charge in [-0.2, -0.15) is 0 Å². The van der Waals surface area contributed by atoms with E-state index in [1.54, 1.807) is 0 Å². The van der Waals surface area contributed by atoms with Crippen molar-refractivity contribution >= 4 is 21.6 Å². The molecular formula is C17H20BrN5. The summed E-state index contributed by atoms with van der Waals surface area (Å²) in [4.78, 5) is 8.85. The van der Waals surface area contributed by atoms with Crippen molar-refractivity contribution in [2.45, 2.75) is 32.4 Å². The van der Waals surface area contributed by atoms with E-state index in [1.807, 2.05) is 17.1 Å². The molecule has 0 amide bonds. The summed E-state index contributed by atoms with van der Waals surface area (Å²) in [6.45, 7) is 2.80. The highest BCUT2D eigenvalue weighted by Crippen LogP contribution is 2.25. The minimum absolute atomic E-state index is 0.732. The van der Waals surface area contributed by atoms with Crippen molar-refractivity contribution in [1.82, 2.24) is 24.3 Å². The second kappa shape index (κ2) is 6.45. The summed E-state index contributed by atoms with van der Waals surface area (Å²) in [6, 6.07) is 4.25. The number of hydrogen-bond acceptors (Lipinski definition) is 3. The van der Waals surface area contributed by atoms with Crippen LogP contribution in [0.4, 0.5) is 0 Å². The second-order valence-corrected chi connectivity index (χ2v) is 7.14. The van der Waals surface area contributed by atoms with E-state index in [9.17, 15) is 0 Å². The number of fused-ring (bicyclic) bond motifs is 1. The Morgan fingerprint density at radius 1 is 1.22 bits per heavy atom. The molecule has 1 aliphatic rings. The van der Waals surface area contributed by atoms with Crippen LogP contribution in [0.15, 0.2) is 41.7 Å². The van der Waals surface area contributed by atoms with Crippen LogP contribution in [0.3, 0.4) is 0 Å². The molecule has 1 saturated carbocycles. The highest BCUT2D eigenvalue weighted by atomic mass is 79.9. The lowest BCUT2D eigenvalue weighted by Gasteiger charge is -2.25. The highest BCUT2D eigenvalue weighted by molar-refractivity contribution is 9.10. The number of pyridine rings is 1. The zero-order chi connectivity index (χ0) is 15.6. The molecule has 0 bridgehead atoms. The van der Waals surface area contributed by atoms with Crippen LogP contribution in [0.2, 0.25) is 0 Å². The largest absolute Gasteiger partial charge is 0.330 e. The molecule has 23 heavy (non-hydrogen) atoms. The lowest BCUT2D eigenvalue weighted by Crippen LogP contribution is -2.26. The Morgan fingerprint density at radius 2 is 2.13 bits per heavy atom. The standard InChI is InChI=1S/C17H20BrN5/c18-16-11-22(12-20-16)9-15-10-23-8-14(4-5-17(23)21-15)7-19-6-13-2-1-3-13/h4-5,8,10-13,19H,1-3,6-7,9H2. The monoisotopic (exact) mass is 373 g/mol. The topological polar surface area (TPSA) is 47.1 Å². The van der Waals surface area contributed by atoms with Gasteiger partial charge in [-0.25, -0.2) is 9.97 Å². The van der Waals surface area contributed by atoms with Gasteiger partial charge >= 0.3 is 0 Å². The van der Waals surface area contributed by atoms with Gasteiger partial charge in [-0.05, 0) is 52.9 Å². The van der Waals surface area contributed by atoms with Crippen molar-refractivity contribution in [1.29, 1.82) is 0 Å². The van der Waals surface area contributed by atoms with E-state index in [4.69, 9.17) is 0 Å². The van der Waals surface area contributed by atoms with Crippen LogP contribution in [0.25, 0.3) is 5.65 Å². The van der Waals surface area contributed by atoms with Gasteiger partial charge in [0.05, 0.1) is 18.6 Å². The smallest absolute Gasteiger partial charge is 0.137 e. The maximum absolute atomic E-state index is 4.67. The molecule has 0 unspecified atom stereocenters. The van der Waals surface area contributed by atoms with Crippen LogP contribution in [0.1, 0.15) is 30.5 Å². The summed E-state index contributed by atoms with van der Waals surface area (Å²) >= 11 is 3.37. The first kappa shape index (κ1) is 14.9. The summed E-state index contributed by atoms with van der Waals surface area (Å²) < 4.78 is 4.98. The third kappa shape index (κ3) is 3.48. The van der Waals surface area contributed by atoms with Crippen molar-refractivity contribution in [2.75, 3.05) is 6.54 Å². The average Bonchev–Trinajstić information content (AvgIpc) is 3.07. The van der Waals surface area contributed by atoms with Gasteiger partial charge in [0.25, 0.3) is 0 Å². The number of imidazole rings is 2. The van der Waals surface area contributed by atoms with Crippen LogP contribution in [0.5, 0.6) is 0 Å². The first-order chi connectivity index (χ1) is 11.3. The van der Waals surface area contributed by atoms with Crippen molar-refractivity contribution in [3.63, 3.8) is 0 Å². The van der Waals surface area contributed by atoms with Gasteiger partial charge in [0, 0.05) is 25.1 Å². The van der Waals surface area contributed by atoms with E-state index in [0.29, 0.717) is 0 Å². The molecule has 6 heteroatoms. The molecular weight excluding hydrogens is 354 g/mol. The molecule has 1 fully saturated rings. The Hall–Kier alpha value is -1.66. The Labute approximate surface area is 143 Å². The van der Waals surface area contributed by atoms with Gasteiger partial charge in [-0.3, -0.25) is 0 Å². The lowest BCUT2D eigenvalue weighted by atomic mass is 9.85. The summed E-state index contributed by atoms with van der Waals surface area (Å²) in [7, 11) is 0. The van der Waals surface area contributed by atoms with E-state index >= 15 is 0 Å². The Bertz CT molecular complexity index is 802. The molecule has 0 spiro atoms. The third-order valence-corrected chi connectivity index (χ3v) is 4.90. The number of hydrogen-bond donors (Lipinski definition) is 1. The van der Waals surface area contributed by atoms with E-state index in [1.165, 1.54) is 24.8 Å². The van der Waals surface area contributed by atoms with Crippen LogP contribution in [0, 0.1) is 5.92 Å². The first-order valence-corrected chi connectivity index (χ1v) is 8.90. The highest BCUT2D eigenvalue weighted by Gasteiger charge is 2.16. The molecule has 120 valence electrons. The van der Waals surface area contributed by atoms with Gasteiger partial charge in [0.1, 0.15) is 10.3 Å². The van der Waals surface area contributed by atoms with Crippen LogP contribution >= 0.6 is 15.9 Å². The predicted molar refractivity (Wildman–Crippen MR) is 93.3 cm³/mol. The quantitative estimate of drug-likeness (QED) is 0.721. The first-order valence-electron chi connectivity index (χ1n) is 8.11. The molecule has 0 saturated heterocycles. The molecule has 0 atom stereocenters. The molecule has 0 radical (unpaired) electrons. The van der Waals surface area contributed by atoms with E-state index in [2.05, 4.69) is 60.1 Å². The third-order valence-electron chi connectivity index (χ3n) is 4.50. The maximum Gasteiger partial charge on any atom is 0.137 e. The molecule has 4 rings (SSSR count). The van der Waals surface area contributed by atoms with Crippen LogP contribution in [-0.4, -0.2) is 25.5 Å². The fraction of sp³-hybridized carbons (Fsp3) is 0.412. The molecule has 1 aliphatic carbocycles. The van der Waals surface area contributed by atoms with Crippen molar-refractivity contribution < 1.29 is 0 Å². The van der Waals surface area contributed by atoms with Gasteiger partial charge in [0.2, 0.25) is 0 Å². The molecule has 5 nitrogen and oxygen atoms in total. The second-order valence-electron chi connectivity index (χ2n) is 6.33. The SMILES string of the molecule is Brc1cn(Cc2cn3cc(CNCC4CCC4)ccc3n2)cn1. The van der Waals surface area contributed by atoms with Crippen molar-refractivity contribution in [2.24, 2.45) is 5.92 Å². The zero-order valence-corrected chi connectivity index (χ0v) is 14.5. The number of rotatable bonds is 6. The van der Waals surface area contributed by atoms with E-state index < -0.39 is 0 Å². The summed E-state index contributed by atoms with van der Waals surface area (Å²) in [5.41, 5.74) is 3.32. The number of aromatic nitrogens is 4. The molecule has 1 N–H and O–H groups in total. The lowest BCUT2D eigenvalue weighted by molar-refractivity contribution is 0.301. The molecule has 3 aromatic rings. The Kier molecular flexibility index (Phi) is 4.18. The molecule has 0 aliphatic heterocycles. The van der Waals surface area contributed by atoms with Gasteiger partial charge in [-0.15, -0.1) is 0 Å². The fourth-order valence-electron chi connectivity index (χ4n) is 3.00. The van der Waals surface area contributed by atoms with E-state index in [0.717, 1.165) is 41.5 Å². The fourth-order valence-corrected chi connectivity index (χ4v) is 3.35. The maximum atomic E-state index is 4.67. The molecule has 3 aromatic heterocycles. The number of nitrogens with one attached hydrogen (secondary N) is 1. The van der Waals surface area contributed by atoms with E-state index in [-0.39, 0.29) is 0 Å². The Morgan fingerprint density at radius 3 is 2.87 bits per heavy atom. The Balaban J connectivity index is 1.43.